The van der Waals surface area contributed by atoms with Crippen molar-refractivity contribution in [2.24, 2.45) is 23.7 Å². The van der Waals surface area contributed by atoms with Crippen LogP contribution in [0, 0.1) is 23.7 Å². The largest absolute Gasteiger partial charge is 0.481 e. The molecule has 0 aromatic heterocycles. The molecular weight excluding hydrogens is 372 g/mol. The summed E-state index contributed by atoms with van der Waals surface area (Å²) in [6.07, 6.45) is 1.38. The third-order valence-corrected chi connectivity index (χ3v) is 3.55. The highest BCUT2D eigenvalue weighted by Gasteiger charge is 2.11. The Morgan fingerprint density at radius 2 is 1.10 bits per heavy atom. The highest BCUT2D eigenvalue weighted by atomic mass is 16.4. The van der Waals surface area contributed by atoms with Gasteiger partial charge < -0.3 is 15.3 Å². The van der Waals surface area contributed by atoms with E-state index in [1.807, 2.05) is 44.2 Å². The second-order valence-corrected chi connectivity index (χ2v) is 7.29. The van der Waals surface area contributed by atoms with E-state index in [1.165, 1.54) is 0 Å². The Kier molecular flexibility index (Phi) is 22.3. The first-order valence-corrected chi connectivity index (χ1v) is 9.10. The molecule has 0 saturated heterocycles. The van der Waals surface area contributed by atoms with Gasteiger partial charge in [-0.25, -0.2) is 0 Å². The topological polar surface area (TPSA) is 112 Å². The Hall–Kier alpha value is -2.37. The maximum absolute atomic E-state index is 10.5. The molecule has 1 rings (SSSR count). The van der Waals surface area contributed by atoms with Crippen LogP contribution in [0.25, 0.3) is 0 Å². The van der Waals surface area contributed by atoms with Crippen LogP contribution in [-0.4, -0.2) is 33.2 Å². The quantitative estimate of drug-likeness (QED) is 0.527. The smallest absolute Gasteiger partial charge is 0.306 e. The summed E-state index contributed by atoms with van der Waals surface area (Å²) < 4.78 is 0. The van der Waals surface area contributed by atoms with Gasteiger partial charge in [-0.3, -0.25) is 14.4 Å². The van der Waals surface area contributed by atoms with E-state index in [1.54, 1.807) is 27.7 Å². The van der Waals surface area contributed by atoms with Crippen molar-refractivity contribution in [3.63, 3.8) is 0 Å². The number of carboxylic acid groups (broad SMARTS) is 3. The second-order valence-electron chi connectivity index (χ2n) is 7.29. The predicted molar refractivity (Wildman–Crippen MR) is 119 cm³/mol. The van der Waals surface area contributed by atoms with Crippen molar-refractivity contribution in [2.45, 2.75) is 69.2 Å². The van der Waals surface area contributed by atoms with Gasteiger partial charge in [-0.2, -0.15) is 0 Å². The second kappa shape index (κ2) is 19.0. The van der Waals surface area contributed by atoms with Gasteiger partial charge in [0, 0.05) is 0 Å². The van der Waals surface area contributed by atoms with Crippen molar-refractivity contribution in [3.8, 4) is 0 Å². The fourth-order valence-corrected chi connectivity index (χ4v) is 1.86. The number of hydrogen-bond acceptors (Lipinski definition) is 3. The van der Waals surface area contributed by atoms with Crippen LogP contribution >= 0.6 is 0 Å². The minimum atomic E-state index is -0.741. The monoisotopic (exact) mass is 414 g/mol. The number of aliphatic carboxylic acids is 3. The van der Waals surface area contributed by atoms with E-state index in [0.717, 1.165) is 12.0 Å². The Labute approximate surface area is 177 Å². The highest BCUT2D eigenvalue weighted by Crippen LogP contribution is 2.10. The van der Waals surface area contributed by atoms with Crippen molar-refractivity contribution in [1.29, 1.82) is 0 Å². The van der Waals surface area contributed by atoms with Crippen LogP contribution < -0.4 is 0 Å². The molecule has 0 spiro atoms. The number of carboxylic acids is 3. The van der Waals surface area contributed by atoms with E-state index < -0.39 is 17.9 Å². The van der Waals surface area contributed by atoms with Gasteiger partial charge in [-0.15, -0.1) is 0 Å². The van der Waals surface area contributed by atoms with E-state index in [-0.39, 0.29) is 32.6 Å². The maximum Gasteiger partial charge on any atom is 0.306 e. The molecule has 29 heavy (non-hydrogen) atoms. The van der Waals surface area contributed by atoms with Crippen LogP contribution in [0.15, 0.2) is 30.3 Å². The molecule has 0 aliphatic heterocycles. The molecule has 0 bridgehead atoms. The van der Waals surface area contributed by atoms with E-state index in [2.05, 4.69) is 0 Å². The first-order chi connectivity index (χ1) is 12.4. The van der Waals surface area contributed by atoms with Gasteiger partial charge in [0.15, 0.2) is 0 Å². The van der Waals surface area contributed by atoms with Crippen LogP contribution in [0.4, 0.5) is 0 Å². The lowest BCUT2D eigenvalue weighted by Gasteiger charge is -2.07. The van der Waals surface area contributed by atoms with Gasteiger partial charge in [0.1, 0.15) is 0 Å². The zero-order chi connectivity index (χ0) is 21.6. The summed E-state index contributed by atoms with van der Waals surface area (Å²) in [5.41, 5.74) is 1.08. The molecule has 6 heteroatoms. The fraction of sp³-hybridized carbons (Fsp3) is 0.609. The maximum atomic E-state index is 10.5. The lowest BCUT2D eigenvalue weighted by atomic mass is 9.99. The summed E-state index contributed by atoms with van der Waals surface area (Å²) >= 11 is 0. The summed E-state index contributed by atoms with van der Waals surface area (Å²) in [4.78, 5) is 30.4. The summed E-state index contributed by atoms with van der Waals surface area (Å²) in [7, 11) is 0. The standard InChI is InChI=1S/C10H12O2.C7H14O2.C4H8O2.2CH4/c1-8(10(11)12)7-9-5-3-2-4-6-9;1-5(2)4-6(3)7(8)9;1-3(2)4(5)6;;/h2-6,8H,7H2,1H3,(H,11,12);5-6H,4H2,1-3H3,(H,8,9);3H,1-2H3,(H,5,6);2*1H4/t8-;6-;;;/m11.../s1. The van der Waals surface area contributed by atoms with Crippen LogP contribution in [-0.2, 0) is 20.8 Å². The van der Waals surface area contributed by atoms with Crippen molar-refractivity contribution < 1.29 is 29.7 Å². The number of benzene rings is 1. The minimum absolute atomic E-state index is 0. The molecule has 1 aromatic carbocycles. The van der Waals surface area contributed by atoms with E-state index in [0.29, 0.717) is 12.3 Å². The molecule has 0 amide bonds. The van der Waals surface area contributed by atoms with Gasteiger partial charge in [0.05, 0.1) is 17.8 Å². The van der Waals surface area contributed by atoms with Gasteiger partial charge in [-0.05, 0) is 24.3 Å². The molecule has 0 heterocycles. The van der Waals surface area contributed by atoms with Crippen molar-refractivity contribution in [1.82, 2.24) is 0 Å². The Morgan fingerprint density at radius 1 is 0.724 bits per heavy atom. The molecule has 2 atom stereocenters. The molecule has 0 saturated carbocycles. The predicted octanol–water partition coefficient (Wildman–Crippen LogP) is 5.70. The van der Waals surface area contributed by atoms with Crippen molar-refractivity contribution in [3.05, 3.63) is 35.9 Å². The third-order valence-electron chi connectivity index (χ3n) is 3.55. The average molecular weight is 415 g/mol. The SMILES string of the molecule is C.C.CC(C)C(=O)O.CC(C)C[C@@H](C)C(=O)O.C[C@H](Cc1ccccc1)C(=O)O. The van der Waals surface area contributed by atoms with E-state index in [9.17, 15) is 14.4 Å². The molecule has 0 radical (unpaired) electrons. The highest BCUT2D eigenvalue weighted by molar-refractivity contribution is 5.70. The summed E-state index contributed by atoms with van der Waals surface area (Å²) in [5.74, 6) is -2.41. The van der Waals surface area contributed by atoms with Crippen LogP contribution in [0.5, 0.6) is 0 Å². The molecule has 0 unspecified atom stereocenters. The Balaban J connectivity index is -0.000000165. The first-order valence-electron chi connectivity index (χ1n) is 9.10. The Bertz CT molecular complexity index is 552. The lowest BCUT2D eigenvalue weighted by molar-refractivity contribution is -0.142. The Morgan fingerprint density at radius 3 is 1.34 bits per heavy atom. The fourth-order valence-electron chi connectivity index (χ4n) is 1.86. The van der Waals surface area contributed by atoms with Crippen molar-refractivity contribution in [2.75, 3.05) is 0 Å². The van der Waals surface area contributed by atoms with Gasteiger partial charge in [0.2, 0.25) is 0 Å². The van der Waals surface area contributed by atoms with Crippen LogP contribution in [0.2, 0.25) is 0 Å². The normalized spacial score (nSPS) is 11.3. The molecule has 0 fully saturated rings. The summed E-state index contributed by atoms with van der Waals surface area (Å²) in [6.45, 7) is 10.8. The molecule has 170 valence electrons. The average Bonchev–Trinajstić information content (AvgIpc) is 2.56. The third kappa shape index (κ3) is 21.8. The van der Waals surface area contributed by atoms with Gasteiger partial charge in [-0.1, -0.05) is 86.7 Å². The van der Waals surface area contributed by atoms with E-state index in [4.69, 9.17) is 15.3 Å². The molecule has 0 aliphatic rings. The minimum Gasteiger partial charge on any atom is -0.481 e. The lowest BCUT2D eigenvalue weighted by Crippen LogP contribution is -2.11. The molecule has 0 aliphatic carbocycles. The molecular formula is C23H42O6. The van der Waals surface area contributed by atoms with Gasteiger partial charge in [0.25, 0.3) is 0 Å². The van der Waals surface area contributed by atoms with Crippen molar-refractivity contribution >= 4 is 17.9 Å². The zero-order valence-corrected chi connectivity index (χ0v) is 17.2. The molecule has 3 N–H and O–H groups in total. The number of rotatable bonds is 7. The number of hydrogen-bond donors (Lipinski definition) is 3. The summed E-state index contributed by atoms with van der Waals surface area (Å²) in [6, 6.07) is 9.65. The molecule has 1 aromatic rings. The first kappa shape index (κ1) is 34.2. The van der Waals surface area contributed by atoms with Crippen LogP contribution in [0.1, 0.15) is 68.4 Å². The van der Waals surface area contributed by atoms with Gasteiger partial charge >= 0.3 is 17.9 Å². The van der Waals surface area contributed by atoms with Crippen LogP contribution in [0.3, 0.4) is 0 Å². The zero-order valence-electron chi connectivity index (χ0n) is 17.2. The van der Waals surface area contributed by atoms with E-state index >= 15 is 0 Å². The number of carbonyl (C=O) groups is 3. The summed E-state index contributed by atoms with van der Waals surface area (Å²) in [5, 5.41) is 25.1. The molecule has 6 nitrogen and oxygen atoms in total.